The highest BCUT2D eigenvalue weighted by atomic mass is 28.4. The Morgan fingerprint density at radius 1 is 0.652 bits per heavy atom. The number of allylic oxidation sites excluding steroid dienone is 4. The van der Waals surface area contributed by atoms with Crippen LogP contribution in [0, 0.1) is 0 Å². The van der Waals surface area contributed by atoms with E-state index in [1.54, 1.807) is 22.3 Å². The molecule has 3 heteroatoms. The molecular weight excluding hydrogens is 312 g/mol. The molecule has 0 aliphatic heterocycles. The van der Waals surface area contributed by atoms with Crippen LogP contribution in [0.4, 0.5) is 0 Å². The molecular formula is C20H38OSi2. The molecule has 0 saturated carbocycles. The second-order valence-corrected chi connectivity index (χ2v) is 18.2. The van der Waals surface area contributed by atoms with Crippen molar-refractivity contribution in [1.82, 2.24) is 0 Å². The van der Waals surface area contributed by atoms with Gasteiger partial charge < -0.3 is 4.12 Å². The zero-order chi connectivity index (χ0) is 17.4. The Kier molecular flexibility index (Phi) is 5.85. The third kappa shape index (κ3) is 4.49. The summed E-state index contributed by atoms with van der Waals surface area (Å²) in [6.07, 6.45) is 7.88. The summed E-state index contributed by atoms with van der Waals surface area (Å²) < 4.78 is 7.10. The number of rotatable bonds is 4. The third-order valence-electron chi connectivity index (χ3n) is 6.79. The quantitative estimate of drug-likeness (QED) is 0.385. The van der Waals surface area contributed by atoms with Gasteiger partial charge in [-0.15, -0.1) is 0 Å². The lowest BCUT2D eigenvalue weighted by Gasteiger charge is -2.45. The molecule has 0 saturated heterocycles. The molecule has 132 valence electrons. The molecule has 0 heterocycles. The van der Waals surface area contributed by atoms with Gasteiger partial charge in [0.1, 0.15) is 0 Å². The molecule has 2 atom stereocenters. The van der Waals surface area contributed by atoms with E-state index >= 15 is 0 Å². The molecule has 2 unspecified atom stereocenters. The average Bonchev–Trinajstić information content (AvgIpc) is 2.43. The van der Waals surface area contributed by atoms with Gasteiger partial charge in [-0.05, 0) is 103 Å². The van der Waals surface area contributed by atoms with Gasteiger partial charge in [-0.3, -0.25) is 0 Å². The van der Waals surface area contributed by atoms with E-state index < -0.39 is 16.6 Å². The molecule has 0 aromatic carbocycles. The number of hydrogen-bond acceptors (Lipinski definition) is 1. The van der Waals surface area contributed by atoms with Crippen LogP contribution in [0.2, 0.25) is 37.3 Å². The second kappa shape index (κ2) is 7.01. The largest absolute Gasteiger partial charge is 0.455 e. The maximum absolute atomic E-state index is 7.10. The van der Waals surface area contributed by atoms with Gasteiger partial charge in [0, 0.05) is 0 Å². The first-order valence-corrected chi connectivity index (χ1v) is 15.5. The van der Waals surface area contributed by atoms with Crippen LogP contribution in [0.5, 0.6) is 0 Å². The molecule has 0 spiro atoms. The SMILES string of the molecule is CC1=C(C)CC([Si](C)(C)O[Si](C)(C)C2CCC(C)=C(C)C2)CC1. The smallest absolute Gasteiger partial charge is 0.176 e. The molecule has 0 bridgehead atoms. The highest BCUT2D eigenvalue weighted by molar-refractivity contribution is 6.86. The van der Waals surface area contributed by atoms with Gasteiger partial charge in [0.05, 0.1) is 0 Å². The Hall–Kier alpha value is -0.126. The normalized spacial score (nSPS) is 27.7. The topological polar surface area (TPSA) is 9.23 Å². The van der Waals surface area contributed by atoms with Gasteiger partial charge in [-0.1, -0.05) is 22.3 Å². The summed E-state index contributed by atoms with van der Waals surface area (Å²) in [6, 6.07) is 0. The molecule has 23 heavy (non-hydrogen) atoms. The van der Waals surface area contributed by atoms with Crippen LogP contribution in [0.3, 0.4) is 0 Å². The Bertz CT molecular complexity index is 468. The van der Waals surface area contributed by atoms with Gasteiger partial charge in [0.25, 0.3) is 0 Å². The first kappa shape index (κ1) is 19.2. The van der Waals surface area contributed by atoms with Crippen molar-refractivity contribution in [3.05, 3.63) is 22.3 Å². The molecule has 2 aliphatic carbocycles. The Balaban J connectivity index is 2.07. The fraction of sp³-hybridized carbons (Fsp3) is 0.800. The van der Waals surface area contributed by atoms with Gasteiger partial charge in [0.2, 0.25) is 0 Å². The predicted octanol–water partition coefficient (Wildman–Crippen LogP) is 7.19. The number of hydrogen-bond donors (Lipinski definition) is 0. The van der Waals surface area contributed by atoms with Crippen molar-refractivity contribution < 1.29 is 4.12 Å². The van der Waals surface area contributed by atoms with E-state index in [1.807, 2.05) is 0 Å². The molecule has 2 rings (SSSR count). The molecule has 0 fully saturated rings. The van der Waals surface area contributed by atoms with Crippen LogP contribution in [0.25, 0.3) is 0 Å². The van der Waals surface area contributed by atoms with Gasteiger partial charge >= 0.3 is 0 Å². The minimum atomic E-state index is -1.62. The predicted molar refractivity (Wildman–Crippen MR) is 108 cm³/mol. The molecule has 0 aromatic rings. The summed E-state index contributed by atoms with van der Waals surface area (Å²) in [5.41, 5.74) is 8.17. The van der Waals surface area contributed by atoms with E-state index in [0.717, 1.165) is 11.1 Å². The molecule has 0 aromatic heterocycles. The first-order chi connectivity index (χ1) is 10.5. The summed E-state index contributed by atoms with van der Waals surface area (Å²) in [5.74, 6) is 0. The summed E-state index contributed by atoms with van der Waals surface area (Å²) in [6.45, 7) is 19.3. The van der Waals surface area contributed by atoms with E-state index in [-0.39, 0.29) is 0 Å². The van der Waals surface area contributed by atoms with Crippen LogP contribution < -0.4 is 0 Å². The van der Waals surface area contributed by atoms with Crippen LogP contribution in [0.15, 0.2) is 22.3 Å². The minimum absolute atomic E-state index is 0.819. The zero-order valence-corrected chi connectivity index (χ0v) is 18.8. The van der Waals surface area contributed by atoms with E-state index in [2.05, 4.69) is 53.9 Å². The third-order valence-corrected chi connectivity index (χ3v) is 15.9. The maximum atomic E-state index is 7.10. The minimum Gasteiger partial charge on any atom is -0.455 e. The summed E-state index contributed by atoms with van der Waals surface area (Å²) in [7, 11) is -3.24. The van der Waals surface area contributed by atoms with Crippen molar-refractivity contribution in [1.29, 1.82) is 0 Å². The highest BCUT2D eigenvalue weighted by Crippen LogP contribution is 2.45. The zero-order valence-electron chi connectivity index (χ0n) is 16.8. The lowest BCUT2D eigenvalue weighted by atomic mass is 9.93. The molecule has 2 aliphatic rings. The van der Waals surface area contributed by atoms with Crippen molar-refractivity contribution in [3.8, 4) is 0 Å². The Morgan fingerprint density at radius 2 is 1.00 bits per heavy atom. The first-order valence-electron chi connectivity index (χ1n) is 9.53. The second-order valence-electron chi connectivity index (χ2n) is 9.31. The van der Waals surface area contributed by atoms with Crippen molar-refractivity contribution in [2.75, 3.05) is 0 Å². The van der Waals surface area contributed by atoms with E-state index in [0.29, 0.717) is 0 Å². The van der Waals surface area contributed by atoms with Crippen LogP contribution >= 0.6 is 0 Å². The molecule has 1 nitrogen and oxygen atoms in total. The Morgan fingerprint density at radius 3 is 1.30 bits per heavy atom. The van der Waals surface area contributed by atoms with E-state index in [4.69, 9.17) is 4.12 Å². The van der Waals surface area contributed by atoms with Gasteiger partial charge in [0.15, 0.2) is 16.6 Å². The molecule has 0 radical (unpaired) electrons. The van der Waals surface area contributed by atoms with Crippen molar-refractivity contribution in [2.24, 2.45) is 0 Å². The van der Waals surface area contributed by atoms with E-state index in [9.17, 15) is 0 Å². The van der Waals surface area contributed by atoms with Crippen LogP contribution in [-0.4, -0.2) is 16.6 Å². The molecule has 0 N–H and O–H groups in total. The summed E-state index contributed by atoms with van der Waals surface area (Å²) in [4.78, 5) is 0. The highest BCUT2D eigenvalue weighted by Gasteiger charge is 2.44. The maximum Gasteiger partial charge on any atom is 0.176 e. The van der Waals surface area contributed by atoms with Gasteiger partial charge in [-0.2, -0.15) is 0 Å². The van der Waals surface area contributed by atoms with Crippen LogP contribution in [0.1, 0.15) is 66.2 Å². The van der Waals surface area contributed by atoms with E-state index in [1.165, 1.54) is 38.5 Å². The standard InChI is InChI=1S/C20H38OSi2/c1-15-9-11-19(13-17(15)3)22(5,6)21-23(7,8)20-12-10-16(2)18(4)14-20/h19-20H,9-14H2,1-8H3. The Labute approximate surface area is 146 Å². The van der Waals surface area contributed by atoms with Crippen molar-refractivity contribution >= 4 is 16.6 Å². The van der Waals surface area contributed by atoms with Crippen molar-refractivity contribution in [2.45, 2.75) is 103 Å². The fourth-order valence-electron chi connectivity index (χ4n) is 4.53. The molecule has 0 amide bonds. The monoisotopic (exact) mass is 350 g/mol. The lowest BCUT2D eigenvalue weighted by Crippen LogP contribution is -2.50. The van der Waals surface area contributed by atoms with Crippen LogP contribution in [-0.2, 0) is 4.12 Å². The fourth-order valence-corrected chi connectivity index (χ4v) is 14.6. The lowest BCUT2D eigenvalue weighted by molar-refractivity contribution is 0.463. The van der Waals surface area contributed by atoms with Gasteiger partial charge in [-0.25, -0.2) is 0 Å². The summed E-state index contributed by atoms with van der Waals surface area (Å²) >= 11 is 0. The average molecular weight is 351 g/mol. The van der Waals surface area contributed by atoms with Crippen molar-refractivity contribution in [3.63, 3.8) is 0 Å². The summed E-state index contributed by atoms with van der Waals surface area (Å²) in [5, 5.41) is 0.